The summed E-state index contributed by atoms with van der Waals surface area (Å²) >= 11 is 0. The molecule has 0 aliphatic heterocycles. The average Bonchev–Trinajstić information content (AvgIpc) is 2.87. The van der Waals surface area contributed by atoms with Crippen molar-refractivity contribution in [2.75, 3.05) is 0 Å². The lowest BCUT2D eigenvalue weighted by atomic mass is 9.86. The van der Waals surface area contributed by atoms with Gasteiger partial charge in [0.2, 0.25) is 0 Å². The third-order valence-corrected chi connectivity index (χ3v) is 4.83. The van der Waals surface area contributed by atoms with Crippen LogP contribution in [-0.4, -0.2) is 21.3 Å². The highest BCUT2D eigenvalue weighted by Gasteiger charge is 2.26. The van der Waals surface area contributed by atoms with E-state index in [1.807, 2.05) is 29.7 Å². The highest BCUT2D eigenvalue weighted by Crippen LogP contribution is 2.24. The van der Waals surface area contributed by atoms with E-state index in [2.05, 4.69) is 24.1 Å². The van der Waals surface area contributed by atoms with Gasteiger partial charge in [0, 0.05) is 12.2 Å². The molecular weight excluding hydrogens is 274 g/mol. The quantitative estimate of drug-likeness (QED) is 0.942. The van der Waals surface area contributed by atoms with E-state index in [0.29, 0.717) is 17.7 Å². The second-order valence-electron chi connectivity index (χ2n) is 6.53. The van der Waals surface area contributed by atoms with E-state index in [1.165, 1.54) is 19.3 Å². The first-order chi connectivity index (χ1) is 10.6. The summed E-state index contributed by atoms with van der Waals surface area (Å²) in [4.78, 5) is 17.5. The molecule has 1 fully saturated rings. The Kier molecular flexibility index (Phi) is 4.19. The molecule has 0 saturated heterocycles. The Morgan fingerprint density at radius 2 is 2.18 bits per heavy atom. The van der Waals surface area contributed by atoms with Crippen LogP contribution in [-0.2, 0) is 6.42 Å². The Hall–Kier alpha value is -1.84. The molecule has 22 heavy (non-hydrogen) atoms. The van der Waals surface area contributed by atoms with Crippen LogP contribution in [0.2, 0.25) is 0 Å². The second kappa shape index (κ2) is 6.11. The van der Waals surface area contributed by atoms with Gasteiger partial charge in [-0.15, -0.1) is 0 Å². The molecule has 1 aliphatic rings. The topological polar surface area (TPSA) is 46.4 Å². The van der Waals surface area contributed by atoms with E-state index in [1.54, 1.807) is 0 Å². The highest BCUT2D eigenvalue weighted by molar-refractivity contribution is 5.95. The lowest BCUT2D eigenvalue weighted by Gasteiger charge is -2.29. The molecule has 0 aromatic carbocycles. The molecule has 4 heteroatoms. The number of hydrogen-bond donors (Lipinski definition) is 1. The van der Waals surface area contributed by atoms with Crippen LogP contribution in [0.3, 0.4) is 0 Å². The van der Waals surface area contributed by atoms with Crippen LogP contribution in [0.15, 0.2) is 18.3 Å². The van der Waals surface area contributed by atoms with Crippen LogP contribution >= 0.6 is 0 Å². The van der Waals surface area contributed by atoms with E-state index in [-0.39, 0.29) is 5.91 Å². The Morgan fingerprint density at radius 3 is 2.91 bits per heavy atom. The van der Waals surface area contributed by atoms with Crippen LogP contribution in [0, 0.1) is 12.8 Å². The number of hydrogen-bond acceptors (Lipinski definition) is 2. The first-order valence-corrected chi connectivity index (χ1v) is 8.38. The summed E-state index contributed by atoms with van der Waals surface area (Å²) in [6.45, 7) is 6.33. The molecule has 2 heterocycles. The van der Waals surface area contributed by atoms with Crippen LogP contribution in [0.1, 0.15) is 61.3 Å². The monoisotopic (exact) mass is 299 g/mol. The van der Waals surface area contributed by atoms with E-state index in [4.69, 9.17) is 0 Å². The van der Waals surface area contributed by atoms with Crippen molar-refractivity contribution in [3.8, 4) is 0 Å². The average molecular weight is 299 g/mol. The smallest absolute Gasteiger partial charge is 0.270 e. The summed E-state index contributed by atoms with van der Waals surface area (Å²) in [6.07, 6.45) is 7.51. The van der Waals surface area contributed by atoms with Crippen molar-refractivity contribution < 1.29 is 4.79 Å². The molecule has 3 rings (SSSR count). The molecule has 1 amide bonds. The van der Waals surface area contributed by atoms with Crippen molar-refractivity contribution in [3.05, 3.63) is 35.3 Å². The summed E-state index contributed by atoms with van der Waals surface area (Å²) in [5, 5.41) is 3.25. The van der Waals surface area contributed by atoms with E-state index < -0.39 is 0 Å². The number of amides is 1. The van der Waals surface area contributed by atoms with Crippen LogP contribution in [0.25, 0.3) is 5.65 Å². The van der Waals surface area contributed by atoms with E-state index in [0.717, 1.165) is 29.7 Å². The zero-order valence-electron chi connectivity index (χ0n) is 13.7. The SMILES string of the molecule is CCc1nc2cc(C)ccn2c1C(=O)NC1CCCCC1C. The summed E-state index contributed by atoms with van der Waals surface area (Å²) in [7, 11) is 0. The third-order valence-electron chi connectivity index (χ3n) is 4.83. The number of aromatic nitrogens is 2. The number of nitrogens with one attached hydrogen (secondary N) is 1. The normalized spacial score (nSPS) is 22.0. The maximum atomic E-state index is 12.8. The third kappa shape index (κ3) is 2.74. The minimum absolute atomic E-state index is 0.0203. The van der Waals surface area contributed by atoms with Crippen molar-refractivity contribution in [1.29, 1.82) is 0 Å². The van der Waals surface area contributed by atoms with Gasteiger partial charge >= 0.3 is 0 Å². The molecule has 1 aliphatic carbocycles. The van der Waals surface area contributed by atoms with E-state index >= 15 is 0 Å². The van der Waals surface area contributed by atoms with Crippen molar-refractivity contribution in [3.63, 3.8) is 0 Å². The van der Waals surface area contributed by atoms with Gasteiger partial charge in [-0.25, -0.2) is 4.98 Å². The molecule has 118 valence electrons. The molecule has 2 aromatic rings. The van der Waals surface area contributed by atoms with Gasteiger partial charge in [0.25, 0.3) is 5.91 Å². The fourth-order valence-corrected chi connectivity index (χ4v) is 3.45. The molecule has 2 aromatic heterocycles. The Labute approximate surface area is 131 Å². The Bertz CT molecular complexity index is 689. The first kappa shape index (κ1) is 15.1. The number of carbonyl (C=O) groups is 1. The fourth-order valence-electron chi connectivity index (χ4n) is 3.45. The molecule has 0 radical (unpaired) electrons. The summed E-state index contributed by atoms with van der Waals surface area (Å²) in [6, 6.07) is 4.34. The minimum atomic E-state index is 0.0203. The van der Waals surface area contributed by atoms with Crippen LogP contribution < -0.4 is 5.32 Å². The van der Waals surface area contributed by atoms with Crippen LogP contribution in [0.4, 0.5) is 0 Å². The maximum absolute atomic E-state index is 12.8. The van der Waals surface area contributed by atoms with Gasteiger partial charge in [-0.05, 0) is 49.8 Å². The predicted octanol–water partition coefficient (Wildman–Crippen LogP) is 3.51. The maximum Gasteiger partial charge on any atom is 0.270 e. The van der Waals surface area contributed by atoms with Gasteiger partial charge in [-0.3, -0.25) is 9.20 Å². The van der Waals surface area contributed by atoms with Crippen LogP contribution in [0.5, 0.6) is 0 Å². The van der Waals surface area contributed by atoms with Gasteiger partial charge in [-0.2, -0.15) is 0 Å². The summed E-state index contributed by atoms with van der Waals surface area (Å²) < 4.78 is 1.93. The lowest BCUT2D eigenvalue weighted by molar-refractivity contribution is 0.0903. The standard InChI is InChI=1S/C18H25N3O/c1-4-14-17(21-10-9-12(2)11-16(21)19-14)18(22)20-15-8-6-5-7-13(15)3/h9-11,13,15H,4-8H2,1-3H3,(H,20,22). The van der Waals surface area contributed by atoms with Crippen molar-refractivity contribution in [2.45, 2.75) is 58.9 Å². The molecular formula is C18H25N3O. The number of nitrogens with zero attached hydrogens (tertiary/aromatic N) is 2. The van der Waals surface area contributed by atoms with Crippen molar-refractivity contribution >= 4 is 11.6 Å². The van der Waals surface area contributed by atoms with Gasteiger partial charge in [0.05, 0.1) is 5.69 Å². The fraction of sp³-hybridized carbons (Fsp3) is 0.556. The molecule has 0 spiro atoms. The summed E-state index contributed by atoms with van der Waals surface area (Å²) in [5.74, 6) is 0.580. The van der Waals surface area contributed by atoms with Crippen molar-refractivity contribution in [1.82, 2.24) is 14.7 Å². The highest BCUT2D eigenvalue weighted by atomic mass is 16.2. The molecule has 0 bridgehead atoms. The summed E-state index contributed by atoms with van der Waals surface area (Å²) in [5.41, 5.74) is 3.61. The predicted molar refractivity (Wildman–Crippen MR) is 88.2 cm³/mol. The van der Waals surface area contributed by atoms with E-state index in [9.17, 15) is 4.79 Å². The Balaban J connectivity index is 1.92. The largest absolute Gasteiger partial charge is 0.348 e. The first-order valence-electron chi connectivity index (χ1n) is 8.38. The molecule has 4 nitrogen and oxygen atoms in total. The zero-order valence-corrected chi connectivity index (χ0v) is 13.7. The zero-order chi connectivity index (χ0) is 15.7. The minimum Gasteiger partial charge on any atom is -0.348 e. The number of rotatable bonds is 3. The molecule has 1 saturated carbocycles. The van der Waals surface area contributed by atoms with Gasteiger partial charge < -0.3 is 5.32 Å². The molecule has 2 unspecified atom stereocenters. The lowest BCUT2D eigenvalue weighted by Crippen LogP contribution is -2.41. The van der Waals surface area contributed by atoms with Gasteiger partial charge in [-0.1, -0.05) is 26.7 Å². The number of imidazole rings is 1. The van der Waals surface area contributed by atoms with Gasteiger partial charge in [0.1, 0.15) is 11.3 Å². The van der Waals surface area contributed by atoms with Crippen molar-refractivity contribution in [2.24, 2.45) is 5.92 Å². The Morgan fingerprint density at radius 1 is 1.41 bits per heavy atom. The molecule has 1 N–H and O–H groups in total. The van der Waals surface area contributed by atoms with Gasteiger partial charge in [0.15, 0.2) is 0 Å². The second-order valence-corrected chi connectivity index (χ2v) is 6.53. The number of fused-ring (bicyclic) bond motifs is 1. The number of carbonyl (C=O) groups excluding carboxylic acids is 1. The number of pyridine rings is 1. The number of aryl methyl sites for hydroxylation is 2. The molecule has 2 atom stereocenters.